The highest BCUT2D eigenvalue weighted by atomic mass is 35.5. The lowest BCUT2D eigenvalue weighted by Gasteiger charge is -2.25. The lowest BCUT2D eigenvalue weighted by Crippen LogP contribution is -2.29. The highest BCUT2D eigenvalue weighted by Crippen LogP contribution is 2.28. The second-order valence-corrected chi connectivity index (χ2v) is 3.55. The number of rotatable bonds is 0. The third-order valence-electron chi connectivity index (χ3n) is 1.98. The topological polar surface area (TPSA) is 24.1 Å². The van der Waals surface area contributed by atoms with Crippen LogP contribution in [0.3, 0.4) is 0 Å². The van der Waals surface area contributed by atoms with Gasteiger partial charge >= 0.3 is 0 Å². The Kier molecular flexibility index (Phi) is 1.85. The summed E-state index contributed by atoms with van der Waals surface area (Å²) in [7, 11) is 0. The van der Waals surface area contributed by atoms with Crippen LogP contribution in [0.1, 0.15) is 6.92 Å². The van der Waals surface area contributed by atoms with Crippen LogP contribution < -0.4 is 10.6 Å². The monoisotopic (exact) mass is 182 g/mol. The van der Waals surface area contributed by atoms with Gasteiger partial charge in [-0.25, -0.2) is 0 Å². The number of nitrogens with one attached hydrogen (secondary N) is 2. The van der Waals surface area contributed by atoms with Crippen molar-refractivity contribution in [2.45, 2.75) is 13.0 Å². The first kappa shape index (κ1) is 7.74. The first-order valence-electron chi connectivity index (χ1n) is 4.05. The maximum atomic E-state index is 5.85. The highest BCUT2D eigenvalue weighted by molar-refractivity contribution is 6.31. The van der Waals surface area contributed by atoms with Gasteiger partial charge in [0.15, 0.2) is 0 Å². The Labute approximate surface area is 76.9 Å². The molecule has 0 saturated heterocycles. The van der Waals surface area contributed by atoms with Crippen LogP contribution in [-0.2, 0) is 0 Å². The Morgan fingerprint density at radius 2 is 2.25 bits per heavy atom. The van der Waals surface area contributed by atoms with Crippen LogP contribution in [0.2, 0.25) is 5.02 Å². The van der Waals surface area contributed by atoms with E-state index in [1.54, 1.807) is 0 Å². The van der Waals surface area contributed by atoms with Gasteiger partial charge in [0.25, 0.3) is 0 Å². The summed E-state index contributed by atoms with van der Waals surface area (Å²) in [6, 6.07) is 6.32. The molecule has 0 fully saturated rings. The molecule has 2 rings (SSSR count). The Bertz CT molecular complexity index is 299. The normalized spacial score (nSPS) is 20.7. The van der Waals surface area contributed by atoms with Crippen molar-refractivity contribution in [1.82, 2.24) is 0 Å². The van der Waals surface area contributed by atoms with E-state index in [0.717, 1.165) is 22.9 Å². The molecule has 0 unspecified atom stereocenters. The second kappa shape index (κ2) is 2.87. The van der Waals surface area contributed by atoms with Crippen LogP contribution in [0.4, 0.5) is 11.4 Å². The van der Waals surface area contributed by atoms with Gasteiger partial charge in [-0.05, 0) is 25.1 Å². The largest absolute Gasteiger partial charge is 0.381 e. The fourth-order valence-electron chi connectivity index (χ4n) is 1.37. The molecule has 0 saturated carbocycles. The SMILES string of the molecule is C[C@H]1CNc2cc(Cl)ccc2N1. The lowest BCUT2D eigenvalue weighted by molar-refractivity contribution is 0.818. The minimum absolute atomic E-state index is 0.485. The van der Waals surface area contributed by atoms with E-state index in [1.165, 1.54) is 0 Å². The Morgan fingerprint density at radius 3 is 3.08 bits per heavy atom. The summed E-state index contributed by atoms with van der Waals surface area (Å²) >= 11 is 5.85. The van der Waals surface area contributed by atoms with Gasteiger partial charge in [0, 0.05) is 17.6 Å². The van der Waals surface area contributed by atoms with Crippen molar-refractivity contribution in [2.75, 3.05) is 17.2 Å². The molecule has 64 valence electrons. The number of hydrogen-bond donors (Lipinski definition) is 2. The number of halogens is 1. The minimum Gasteiger partial charge on any atom is -0.381 e. The van der Waals surface area contributed by atoms with E-state index in [-0.39, 0.29) is 0 Å². The van der Waals surface area contributed by atoms with Gasteiger partial charge in [0.1, 0.15) is 0 Å². The van der Waals surface area contributed by atoms with Crippen molar-refractivity contribution in [2.24, 2.45) is 0 Å². The van der Waals surface area contributed by atoms with E-state index in [4.69, 9.17) is 11.6 Å². The van der Waals surface area contributed by atoms with Crippen molar-refractivity contribution >= 4 is 23.0 Å². The number of anilines is 2. The minimum atomic E-state index is 0.485. The molecule has 0 aromatic heterocycles. The molecule has 1 atom stereocenters. The molecule has 1 aliphatic rings. The molecule has 0 amide bonds. The maximum Gasteiger partial charge on any atom is 0.0591 e. The van der Waals surface area contributed by atoms with Crippen molar-refractivity contribution in [3.8, 4) is 0 Å². The van der Waals surface area contributed by atoms with Gasteiger partial charge in [-0.3, -0.25) is 0 Å². The third kappa shape index (κ3) is 1.34. The summed E-state index contributed by atoms with van der Waals surface area (Å²) in [5.41, 5.74) is 2.23. The average molecular weight is 183 g/mol. The lowest BCUT2D eigenvalue weighted by atomic mass is 10.2. The first-order valence-corrected chi connectivity index (χ1v) is 4.43. The second-order valence-electron chi connectivity index (χ2n) is 3.12. The summed E-state index contributed by atoms with van der Waals surface area (Å²) in [6.45, 7) is 3.10. The van der Waals surface area contributed by atoms with E-state index < -0.39 is 0 Å². The molecule has 12 heavy (non-hydrogen) atoms. The van der Waals surface area contributed by atoms with Crippen molar-refractivity contribution in [3.05, 3.63) is 23.2 Å². The van der Waals surface area contributed by atoms with Crippen LogP contribution in [0, 0.1) is 0 Å². The van der Waals surface area contributed by atoms with Crippen LogP contribution >= 0.6 is 11.6 Å². The Hall–Kier alpha value is -0.890. The zero-order chi connectivity index (χ0) is 8.55. The molecule has 3 heteroatoms. The zero-order valence-corrected chi connectivity index (χ0v) is 7.65. The standard InChI is InChI=1S/C9H11ClN2/c1-6-5-11-9-4-7(10)2-3-8(9)12-6/h2-4,6,11-12H,5H2,1H3/t6-/m0/s1. The summed E-state index contributed by atoms with van der Waals surface area (Å²) in [6.07, 6.45) is 0. The van der Waals surface area contributed by atoms with Gasteiger partial charge in [-0.2, -0.15) is 0 Å². The molecular formula is C9H11ClN2. The fourth-order valence-corrected chi connectivity index (χ4v) is 1.54. The molecule has 0 radical (unpaired) electrons. The van der Waals surface area contributed by atoms with Crippen molar-refractivity contribution in [1.29, 1.82) is 0 Å². The molecule has 1 aromatic carbocycles. The van der Waals surface area contributed by atoms with E-state index in [0.29, 0.717) is 6.04 Å². The van der Waals surface area contributed by atoms with Gasteiger partial charge in [-0.15, -0.1) is 0 Å². The number of benzene rings is 1. The van der Waals surface area contributed by atoms with Gasteiger partial charge < -0.3 is 10.6 Å². The predicted octanol–water partition coefficient (Wildman–Crippen LogP) is 2.57. The van der Waals surface area contributed by atoms with Crippen LogP contribution in [0.15, 0.2) is 18.2 Å². The predicted molar refractivity (Wildman–Crippen MR) is 53.0 cm³/mol. The molecule has 1 aromatic rings. The molecule has 2 nitrogen and oxygen atoms in total. The number of fused-ring (bicyclic) bond motifs is 1. The smallest absolute Gasteiger partial charge is 0.0591 e. The third-order valence-corrected chi connectivity index (χ3v) is 2.22. The quantitative estimate of drug-likeness (QED) is 0.645. The number of hydrogen-bond acceptors (Lipinski definition) is 2. The molecule has 2 N–H and O–H groups in total. The van der Waals surface area contributed by atoms with E-state index in [2.05, 4.69) is 17.6 Å². The van der Waals surface area contributed by atoms with Crippen LogP contribution in [-0.4, -0.2) is 12.6 Å². The Balaban J connectivity index is 2.37. The van der Waals surface area contributed by atoms with E-state index in [1.807, 2.05) is 18.2 Å². The highest BCUT2D eigenvalue weighted by Gasteiger charge is 2.12. The van der Waals surface area contributed by atoms with Crippen LogP contribution in [0.5, 0.6) is 0 Å². The average Bonchev–Trinajstić information content (AvgIpc) is 2.05. The molecule has 1 aliphatic heterocycles. The summed E-state index contributed by atoms with van der Waals surface area (Å²) in [5.74, 6) is 0. The molecule has 0 bridgehead atoms. The summed E-state index contributed by atoms with van der Waals surface area (Å²) in [4.78, 5) is 0. The van der Waals surface area contributed by atoms with Crippen LogP contribution in [0.25, 0.3) is 0 Å². The summed E-state index contributed by atoms with van der Waals surface area (Å²) in [5, 5.41) is 7.45. The van der Waals surface area contributed by atoms with Crippen molar-refractivity contribution < 1.29 is 0 Å². The van der Waals surface area contributed by atoms with E-state index >= 15 is 0 Å². The van der Waals surface area contributed by atoms with E-state index in [9.17, 15) is 0 Å². The molecule has 0 aliphatic carbocycles. The van der Waals surface area contributed by atoms with Crippen molar-refractivity contribution in [3.63, 3.8) is 0 Å². The van der Waals surface area contributed by atoms with Gasteiger partial charge in [0.2, 0.25) is 0 Å². The molecular weight excluding hydrogens is 172 g/mol. The van der Waals surface area contributed by atoms with Gasteiger partial charge in [-0.1, -0.05) is 11.6 Å². The molecule has 0 spiro atoms. The summed E-state index contributed by atoms with van der Waals surface area (Å²) < 4.78 is 0. The maximum absolute atomic E-state index is 5.85. The van der Waals surface area contributed by atoms with Gasteiger partial charge in [0.05, 0.1) is 11.4 Å². The first-order chi connectivity index (χ1) is 5.75. The molecule has 1 heterocycles. The Morgan fingerprint density at radius 1 is 1.42 bits per heavy atom. The fraction of sp³-hybridized carbons (Fsp3) is 0.333. The zero-order valence-electron chi connectivity index (χ0n) is 6.89.